The van der Waals surface area contributed by atoms with E-state index in [0.717, 1.165) is 19.9 Å². The minimum atomic E-state index is 0.858. The molecule has 0 aliphatic heterocycles. The van der Waals surface area contributed by atoms with Gasteiger partial charge in [-0.1, -0.05) is 12.1 Å². The number of thiazole rings is 1. The van der Waals surface area contributed by atoms with Crippen molar-refractivity contribution in [2.45, 2.75) is 0 Å². The van der Waals surface area contributed by atoms with E-state index in [-0.39, 0.29) is 0 Å². The van der Waals surface area contributed by atoms with Gasteiger partial charge in [0, 0.05) is 9.85 Å². The SMILES string of the molecule is Brc1csc(Nc2ccccc2Br)n1. The number of nitrogens with one attached hydrogen (secondary N) is 1. The van der Waals surface area contributed by atoms with Crippen LogP contribution in [0.5, 0.6) is 0 Å². The maximum absolute atomic E-state index is 4.25. The lowest BCUT2D eigenvalue weighted by Gasteiger charge is -2.03. The Kier molecular flexibility index (Phi) is 3.20. The quantitative estimate of drug-likeness (QED) is 0.880. The summed E-state index contributed by atoms with van der Waals surface area (Å²) >= 11 is 8.34. The number of nitrogens with zero attached hydrogens (tertiary/aromatic N) is 1. The smallest absolute Gasteiger partial charge is 0.188 e. The van der Waals surface area contributed by atoms with Crippen molar-refractivity contribution in [1.82, 2.24) is 4.98 Å². The highest BCUT2D eigenvalue weighted by molar-refractivity contribution is 9.10. The number of aromatic nitrogens is 1. The lowest BCUT2D eigenvalue weighted by molar-refractivity contribution is 1.34. The molecule has 0 aliphatic rings. The Hall–Kier alpha value is -0.390. The van der Waals surface area contributed by atoms with Gasteiger partial charge in [0.05, 0.1) is 5.69 Å². The predicted molar refractivity (Wildman–Crippen MR) is 67.2 cm³/mol. The first kappa shape index (κ1) is 10.1. The summed E-state index contributed by atoms with van der Waals surface area (Å²) < 4.78 is 1.89. The standard InChI is InChI=1S/C9H6Br2N2S/c10-6-3-1-2-4-7(6)12-9-13-8(11)5-14-9/h1-5H,(H,12,13). The fraction of sp³-hybridized carbons (Fsp3) is 0. The van der Waals surface area contributed by atoms with Crippen LogP contribution in [0, 0.1) is 0 Å². The summed E-state index contributed by atoms with van der Waals surface area (Å²) in [6.07, 6.45) is 0. The van der Waals surface area contributed by atoms with Crippen LogP contribution in [0.25, 0.3) is 0 Å². The molecule has 0 amide bonds. The number of hydrogen-bond acceptors (Lipinski definition) is 3. The number of rotatable bonds is 2. The Bertz CT molecular complexity index is 442. The van der Waals surface area contributed by atoms with Crippen molar-refractivity contribution in [2.75, 3.05) is 5.32 Å². The summed E-state index contributed by atoms with van der Waals surface area (Å²) in [5.41, 5.74) is 1.02. The van der Waals surface area contributed by atoms with Crippen LogP contribution in [0.1, 0.15) is 0 Å². The van der Waals surface area contributed by atoms with Gasteiger partial charge in [0.25, 0.3) is 0 Å². The highest BCUT2D eigenvalue weighted by Gasteiger charge is 2.01. The molecule has 0 spiro atoms. The van der Waals surface area contributed by atoms with E-state index in [9.17, 15) is 0 Å². The van der Waals surface area contributed by atoms with E-state index in [2.05, 4.69) is 42.2 Å². The molecule has 0 saturated heterocycles. The first-order chi connectivity index (χ1) is 6.75. The monoisotopic (exact) mass is 332 g/mol. The summed E-state index contributed by atoms with van der Waals surface area (Å²) in [6.45, 7) is 0. The van der Waals surface area contributed by atoms with Gasteiger partial charge in [0.1, 0.15) is 4.60 Å². The summed E-state index contributed by atoms with van der Waals surface area (Å²) in [5.74, 6) is 0. The average molecular weight is 334 g/mol. The summed E-state index contributed by atoms with van der Waals surface area (Å²) in [5, 5.41) is 6.05. The van der Waals surface area contributed by atoms with Gasteiger partial charge in [0.15, 0.2) is 5.13 Å². The first-order valence-electron chi connectivity index (χ1n) is 3.88. The molecule has 14 heavy (non-hydrogen) atoms. The van der Waals surface area contributed by atoms with Gasteiger partial charge >= 0.3 is 0 Å². The zero-order valence-corrected chi connectivity index (χ0v) is 11.0. The zero-order valence-electron chi connectivity index (χ0n) is 7.00. The summed E-state index contributed by atoms with van der Waals surface area (Å²) in [6, 6.07) is 7.95. The Morgan fingerprint density at radius 3 is 2.64 bits per heavy atom. The third-order valence-electron chi connectivity index (χ3n) is 1.59. The molecular weight excluding hydrogens is 328 g/mol. The molecule has 72 valence electrons. The number of benzene rings is 1. The largest absolute Gasteiger partial charge is 0.331 e. The predicted octanol–water partition coefficient (Wildman–Crippen LogP) is 4.41. The molecule has 0 bridgehead atoms. The Labute approximate surface area is 103 Å². The van der Waals surface area contributed by atoms with Gasteiger partial charge in [0.2, 0.25) is 0 Å². The van der Waals surface area contributed by atoms with E-state index in [4.69, 9.17) is 0 Å². The van der Waals surface area contributed by atoms with Crippen molar-refractivity contribution in [1.29, 1.82) is 0 Å². The molecule has 1 N–H and O–H groups in total. The highest BCUT2D eigenvalue weighted by Crippen LogP contribution is 2.28. The Morgan fingerprint density at radius 1 is 1.21 bits per heavy atom. The molecule has 1 heterocycles. The second-order valence-electron chi connectivity index (χ2n) is 2.58. The molecule has 1 aromatic carbocycles. The van der Waals surface area contributed by atoms with Crippen LogP contribution in [-0.4, -0.2) is 4.98 Å². The molecular formula is C9H6Br2N2S. The molecule has 0 fully saturated rings. The fourth-order valence-electron chi connectivity index (χ4n) is 0.989. The number of anilines is 2. The van der Waals surface area contributed by atoms with Crippen LogP contribution >= 0.6 is 43.2 Å². The van der Waals surface area contributed by atoms with E-state index in [1.165, 1.54) is 0 Å². The van der Waals surface area contributed by atoms with Crippen LogP contribution in [0.4, 0.5) is 10.8 Å². The first-order valence-corrected chi connectivity index (χ1v) is 6.35. The summed E-state index contributed by atoms with van der Waals surface area (Å²) in [7, 11) is 0. The fourth-order valence-corrected chi connectivity index (χ4v) is 2.53. The van der Waals surface area contributed by atoms with Crippen LogP contribution < -0.4 is 5.32 Å². The van der Waals surface area contributed by atoms with Crippen molar-refractivity contribution < 1.29 is 0 Å². The number of para-hydroxylation sites is 1. The average Bonchev–Trinajstić information content (AvgIpc) is 2.56. The third-order valence-corrected chi connectivity index (χ3v) is 3.75. The molecule has 5 heteroatoms. The Balaban J connectivity index is 2.23. The summed E-state index contributed by atoms with van der Waals surface area (Å²) in [4.78, 5) is 4.25. The van der Waals surface area contributed by atoms with Crippen molar-refractivity contribution in [3.8, 4) is 0 Å². The maximum Gasteiger partial charge on any atom is 0.188 e. The van der Waals surface area contributed by atoms with Crippen molar-refractivity contribution in [3.63, 3.8) is 0 Å². The van der Waals surface area contributed by atoms with Gasteiger partial charge in [-0.2, -0.15) is 0 Å². The highest BCUT2D eigenvalue weighted by atomic mass is 79.9. The van der Waals surface area contributed by atoms with E-state index in [1.807, 2.05) is 29.6 Å². The molecule has 0 unspecified atom stereocenters. The number of halogens is 2. The topological polar surface area (TPSA) is 24.9 Å². The lowest BCUT2D eigenvalue weighted by Crippen LogP contribution is -1.89. The van der Waals surface area contributed by atoms with Crippen molar-refractivity contribution in [3.05, 3.63) is 38.7 Å². The van der Waals surface area contributed by atoms with Crippen LogP contribution in [0.2, 0.25) is 0 Å². The second kappa shape index (κ2) is 4.42. The molecule has 0 radical (unpaired) electrons. The molecule has 2 nitrogen and oxygen atoms in total. The minimum absolute atomic E-state index is 0.858. The maximum atomic E-state index is 4.25. The van der Waals surface area contributed by atoms with Gasteiger partial charge in [-0.25, -0.2) is 4.98 Å². The molecule has 2 aromatic rings. The van der Waals surface area contributed by atoms with Crippen LogP contribution in [-0.2, 0) is 0 Å². The third kappa shape index (κ3) is 2.34. The van der Waals surface area contributed by atoms with Gasteiger partial charge in [-0.15, -0.1) is 11.3 Å². The Morgan fingerprint density at radius 2 is 2.00 bits per heavy atom. The normalized spacial score (nSPS) is 10.1. The van der Waals surface area contributed by atoms with Gasteiger partial charge in [-0.05, 0) is 44.0 Å². The molecule has 0 saturated carbocycles. The minimum Gasteiger partial charge on any atom is -0.331 e. The van der Waals surface area contributed by atoms with E-state index < -0.39 is 0 Å². The van der Waals surface area contributed by atoms with Gasteiger partial charge in [-0.3, -0.25) is 0 Å². The van der Waals surface area contributed by atoms with Crippen LogP contribution in [0.3, 0.4) is 0 Å². The zero-order chi connectivity index (χ0) is 9.97. The lowest BCUT2D eigenvalue weighted by atomic mass is 10.3. The van der Waals surface area contributed by atoms with E-state index in [0.29, 0.717) is 0 Å². The van der Waals surface area contributed by atoms with E-state index >= 15 is 0 Å². The van der Waals surface area contributed by atoms with Gasteiger partial charge < -0.3 is 5.32 Å². The van der Waals surface area contributed by atoms with Crippen molar-refractivity contribution >= 4 is 54.0 Å². The molecule has 0 atom stereocenters. The van der Waals surface area contributed by atoms with E-state index in [1.54, 1.807) is 11.3 Å². The molecule has 2 rings (SSSR count). The number of hydrogen-bond donors (Lipinski definition) is 1. The van der Waals surface area contributed by atoms with Crippen molar-refractivity contribution in [2.24, 2.45) is 0 Å². The molecule has 0 aliphatic carbocycles. The van der Waals surface area contributed by atoms with Crippen LogP contribution in [0.15, 0.2) is 38.7 Å². The molecule has 1 aromatic heterocycles. The second-order valence-corrected chi connectivity index (χ2v) is 5.11.